The van der Waals surface area contributed by atoms with Crippen molar-refractivity contribution in [1.29, 1.82) is 0 Å². The fraction of sp³-hybridized carbons (Fsp3) is 0.833. The number of rotatable bonds is 0. The Morgan fingerprint density at radius 2 is 2.11 bits per heavy atom. The van der Waals surface area contributed by atoms with E-state index in [9.17, 15) is 4.79 Å². The van der Waals surface area contributed by atoms with Crippen LogP contribution in [0.5, 0.6) is 0 Å². The van der Waals surface area contributed by atoms with Crippen LogP contribution >= 0.6 is 11.8 Å². The van der Waals surface area contributed by atoms with Crippen molar-refractivity contribution in [3.8, 4) is 0 Å². The molecule has 0 spiro atoms. The summed E-state index contributed by atoms with van der Waals surface area (Å²) in [7, 11) is 0. The SMILES string of the molecule is O=C1CCCCCN1Cl. The Morgan fingerprint density at radius 1 is 1.33 bits per heavy atom. The van der Waals surface area contributed by atoms with Crippen LogP contribution in [0.2, 0.25) is 0 Å². The van der Waals surface area contributed by atoms with Crippen LogP contribution in [-0.4, -0.2) is 16.9 Å². The van der Waals surface area contributed by atoms with Crippen molar-refractivity contribution < 1.29 is 4.79 Å². The van der Waals surface area contributed by atoms with Gasteiger partial charge in [0.2, 0.25) is 5.91 Å². The highest BCUT2D eigenvalue weighted by Crippen LogP contribution is 2.11. The number of carbonyl (C=O) groups excluding carboxylic acids is 1. The summed E-state index contributed by atoms with van der Waals surface area (Å²) in [5, 5.41) is 0. The van der Waals surface area contributed by atoms with Crippen molar-refractivity contribution in [3.05, 3.63) is 0 Å². The number of nitrogens with zero attached hydrogens (tertiary/aromatic N) is 1. The van der Waals surface area contributed by atoms with Gasteiger partial charge in [-0.2, -0.15) is 0 Å². The average Bonchev–Trinajstić information content (AvgIpc) is 1.99. The van der Waals surface area contributed by atoms with E-state index in [4.69, 9.17) is 11.8 Å². The minimum atomic E-state index is 0.0779. The lowest BCUT2D eigenvalue weighted by Crippen LogP contribution is -2.19. The third-order valence-corrected chi connectivity index (χ3v) is 1.87. The Balaban J connectivity index is 2.41. The molecular formula is C6H10ClNO. The maximum Gasteiger partial charge on any atom is 0.236 e. The summed E-state index contributed by atoms with van der Waals surface area (Å²) in [6.07, 6.45) is 3.82. The lowest BCUT2D eigenvalue weighted by atomic mass is 10.2. The predicted molar refractivity (Wildman–Crippen MR) is 36.0 cm³/mol. The maximum atomic E-state index is 10.8. The van der Waals surface area contributed by atoms with Crippen molar-refractivity contribution in [2.24, 2.45) is 0 Å². The number of halogens is 1. The lowest BCUT2D eigenvalue weighted by molar-refractivity contribution is -0.126. The molecule has 3 heteroatoms. The molecule has 2 nitrogen and oxygen atoms in total. The molecule has 1 rings (SSSR count). The van der Waals surface area contributed by atoms with E-state index in [-0.39, 0.29) is 5.91 Å². The van der Waals surface area contributed by atoms with Crippen molar-refractivity contribution in [2.45, 2.75) is 25.7 Å². The van der Waals surface area contributed by atoms with Crippen LogP contribution in [0.4, 0.5) is 0 Å². The van der Waals surface area contributed by atoms with Gasteiger partial charge in [-0.05, 0) is 12.8 Å². The minimum Gasteiger partial charge on any atom is -0.274 e. The van der Waals surface area contributed by atoms with Crippen molar-refractivity contribution in [3.63, 3.8) is 0 Å². The largest absolute Gasteiger partial charge is 0.274 e. The normalized spacial score (nSPS) is 21.9. The second-order valence-electron chi connectivity index (χ2n) is 2.29. The van der Waals surface area contributed by atoms with Gasteiger partial charge in [0.25, 0.3) is 0 Å². The molecule has 1 fully saturated rings. The highest BCUT2D eigenvalue weighted by atomic mass is 35.5. The molecule has 0 aromatic heterocycles. The van der Waals surface area contributed by atoms with Crippen molar-refractivity contribution in [2.75, 3.05) is 6.54 Å². The van der Waals surface area contributed by atoms with Crippen LogP contribution in [0, 0.1) is 0 Å². The molecule has 0 aromatic rings. The van der Waals surface area contributed by atoms with Gasteiger partial charge in [0.05, 0.1) is 0 Å². The van der Waals surface area contributed by atoms with E-state index in [1.54, 1.807) is 0 Å². The Kier molecular flexibility index (Phi) is 2.34. The van der Waals surface area contributed by atoms with Crippen molar-refractivity contribution in [1.82, 2.24) is 4.42 Å². The van der Waals surface area contributed by atoms with Gasteiger partial charge in [0.1, 0.15) is 0 Å². The monoisotopic (exact) mass is 147 g/mol. The van der Waals surface area contributed by atoms with E-state index in [0.29, 0.717) is 6.42 Å². The molecule has 0 atom stereocenters. The van der Waals surface area contributed by atoms with Gasteiger partial charge in [0, 0.05) is 24.7 Å². The predicted octanol–water partition coefficient (Wildman–Crippen LogP) is 1.54. The van der Waals surface area contributed by atoms with Crippen LogP contribution in [0.1, 0.15) is 25.7 Å². The third kappa shape index (κ3) is 1.86. The molecule has 0 aliphatic carbocycles. The summed E-state index contributed by atoms with van der Waals surface area (Å²) >= 11 is 5.56. The van der Waals surface area contributed by atoms with Crippen LogP contribution in [-0.2, 0) is 4.79 Å². The second kappa shape index (κ2) is 3.06. The van der Waals surface area contributed by atoms with Gasteiger partial charge in [-0.1, -0.05) is 6.42 Å². The van der Waals surface area contributed by atoms with E-state index in [0.717, 1.165) is 25.8 Å². The fourth-order valence-electron chi connectivity index (χ4n) is 0.950. The Morgan fingerprint density at radius 3 is 2.89 bits per heavy atom. The van der Waals surface area contributed by atoms with Gasteiger partial charge in [-0.15, -0.1) is 0 Å². The van der Waals surface area contributed by atoms with E-state index < -0.39 is 0 Å². The van der Waals surface area contributed by atoms with Crippen LogP contribution < -0.4 is 0 Å². The molecular weight excluding hydrogens is 138 g/mol. The number of amides is 1. The summed E-state index contributed by atoms with van der Waals surface area (Å²) < 4.78 is 1.30. The maximum absolute atomic E-state index is 10.8. The standard InChI is InChI=1S/C6H10ClNO/c7-8-5-3-1-2-4-6(8)9/h1-5H2. The van der Waals surface area contributed by atoms with Crippen LogP contribution in [0.25, 0.3) is 0 Å². The molecule has 1 heterocycles. The lowest BCUT2D eigenvalue weighted by Gasteiger charge is -2.07. The highest BCUT2D eigenvalue weighted by Gasteiger charge is 2.13. The van der Waals surface area contributed by atoms with E-state index in [2.05, 4.69) is 0 Å². The summed E-state index contributed by atoms with van der Waals surface area (Å²) in [5.74, 6) is 0.0779. The van der Waals surface area contributed by atoms with Crippen molar-refractivity contribution >= 4 is 17.7 Å². The quantitative estimate of drug-likeness (QED) is 0.476. The second-order valence-corrected chi connectivity index (χ2v) is 2.70. The molecule has 9 heavy (non-hydrogen) atoms. The summed E-state index contributed by atoms with van der Waals surface area (Å²) in [5.41, 5.74) is 0. The first kappa shape index (κ1) is 6.87. The van der Waals surface area contributed by atoms with Gasteiger partial charge in [-0.25, -0.2) is 0 Å². The molecule has 1 aliphatic rings. The molecule has 52 valence electrons. The zero-order chi connectivity index (χ0) is 6.69. The zero-order valence-corrected chi connectivity index (χ0v) is 6.02. The molecule has 1 amide bonds. The van der Waals surface area contributed by atoms with E-state index >= 15 is 0 Å². The Labute approximate surface area is 59.9 Å². The van der Waals surface area contributed by atoms with Crippen LogP contribution in [0.3, 0.4) is 0 Å². The summed E-state index contributed by atoms with van der Waals surface area (Å²) in [6, 6.07) is 0. The summed E-state index contributed by atoms with van der Waals surface area (Å²) in [4.78, 5) is 10.8. The fourth-order valence-corrected chi connectivity index (χ4v) is 1.15. The topological polar surface area (TPSA) is 20.3 Å². The first-order valence-electron chi connectivity index (χ1n) is 3.27. The molecule has 0 unspecified atom stereocenters. The first-order valence-corrected chi connectivity index (χ1v) is 3.60. The van der Waals surface area contributed by atoms with E-state index in [1.807, 2.05) is 0 Å². The zero-order valence-electron chi connectivity index (χ0n) is 5.27. The molecule has 0 saturated carbocycles. The first-order chi connectivity index (χ1) is 4.30. The molecule has 0 N–H and O–H groups in total. The molecule has 0 aromatic carbocycles. The smallest absolute Gasteiger partial charge is 0.236 e. The van der Waals surface area contributed by atoms with Gasteiger partial charge >= 0.3 is 0 Å². The molecule has 1 aliphatic heterocycles. The third-order valence-electron chi connectivity index (χ3n) is 1.52. The molecule has 0 radical (unpaired) electrons. The Bertz CT molecular complexity index is 116. The summed E-state index contributed by atoms with van der Waals surface area (Å²) in [6.45, 7) is 0.723. The van der Waals surface area contributed by atoms with Gasteiger partial charge in [-0.3, -0.25) is 9.21 Å². The van der Waals surface area contributed by atoms with Gasteiger partial charge in [0.15, 0.2) is 0 Å². The number of carbonyl (C=O) groups is 1. The Hall–Kier alpha value is -0.240. The number of hydrogen-bond donors (Lipinski definition) is 0. The minimum absolute atomic E-state index is 0.0779. The highest BCUT2D eigenvalue weighted by molar-refractivity contribution is 6.21. The molecule has 0 bridgehead atoms. The van der Waals surface area contributed by atoms with Crippen LogP contribution in [0.15, 0.2) is 0 Å². The average molecular weight is 148 g/mol. The molecule has 1 saturated heterocycles. The number of hydrogen-bond acceptors (Lipinski definition) is 1. The van der Waals surface area contributed by atoms with Gasteiger partial charge < -0.3 is 0 Å². The van der Waals surface area contributed by atoms with E-state index in [1.165, 1.54) is 4.42 Å².